The number of fused-ring (bicyclic) bond motifs is 3. The van der Waals surface area contributed by atoms with E-state index >= 15 is 0 Å². The lowest BCUT2D eigenvalue weighted by atomic mass is 10.1. The van der Waals surface area contributed by atoms with Crippen molar-refractivity contribution in [2.45, 2.75) is 51.6 Å². The summed E-state index contributed by atoms with van der Waals surface area (Å²) in [7, 11) is 0. The number of aromatic nitrogens is 2. The smallest absolute Gasteiger partial charge is 0.146 e. The molecule has 1 N–H and O–H groups in total. The molecule has 1 fully saturated rings. The third-order valence-corrected chi connectivity index (χ3v) is 7.05. The zero-order valence-electron chi connectivity index (χ0n) is 16.9. The van der Waals surface area contributed by atoms with Crippen LogP contribution in [0.25, 0.3) is 10.2 Å². The predicted molar refractivity (Wildman–Crippen MR) is 116 cm³/mol. The largest absolute Gasteiger partial charge is 0.469 e. The topological polar surface area (TPSA) is 63.4 Å². The van der Waals surface area contributed by atoms with Crippen molar-refractivity contribution in [2.24, 2.45) is 0 Å². The van der Waals surface area contributed by atoms with E-state index in [-0.39, 0.29) is 0 Å². The molecule has 6 nitrogen and oxygen atoms in total. The Balaban J connectivity index is 1.39. The summed E-state index contributed by atoms with van der Waals surface area (Å²) in [6.07, 6.45) is 7.26. The first-order chi connectivity index (χ1) is 14.3. The maximum absolute atomic E-state index is 5.49. The Morgan fingerprint density at radius 3 is 2.97 bits per heavy atom. The molecule has 0 aromatic carbocycles. The molecular formula is C22H28N4O2S. The third-order valence-electron chi connectivity index (χ3n) is 5.87. The van der Waals surface area contributed by atoms with Gasteiger partial charge in [-0.15, -0.1) is 11.3 Å². The van der Waals surface area contributed by atoms with E-state index in [9.17, 15) is 0 Å². The molecule has 29 heavy (non-hydrogen) atoms. The lowest BCUT2D eigenvalue weighted by Crippen LogP contribution is -2.36. The van der Waals surface area contributed by atoms with E-state index < -0.39 is 0 Å². The molecular weight excluding hydrogens is 384 g/mol. The minimum Gasteiger partial charge on any atom is -0.469 e. The summed E-state index contributed by atoms with van der Waals surface area (Å²) in [5.74, 6) is 2.97. The first-order valence-electron chi connectivity index (χ1n) is 10.7. The third kappa shape index (κ3) is 4.17. The summed E-state index contributed by atoms with van der Waals surface area (Å²) < 4.78 is 11.0. The molecule has 5 rings (SSSR count). The van der Waals surface area contributed by atoms with Crippen LogP contribution in [0.5, 0.6) is 0 Å². The zero-order chi connectivity index (χ0) is 19.6. The summed E-state index contributed by atoms with van der Waals surface area (Å²) in [6.45, 7) is 6.51. The number of aryl methyl sites for hydroxylation is 3. The summed E-state index contributed by atoms with van der Waals surface area (Å²) in [4.78, 5) is 15.0. The lowest BCUT2D eigenvalue weighted by molar-refractivity contribution is 0.0331. The zero-order valence-corrected chi connectivity index (χ0v) is 17.8. The fraction of sp³-hybridized carbons (Fsp3) is 0.545. The Kier molecular flexibility index (Phi) is 5.52. The molecule has 2 aliphatic rings. The van der Waals surface area contributed by atoms with Gasteiger partial charge in [-0.25, -0.2) is 9.97 Å². The second-order valence-electron chi connectivity index (χ2n) is 8.08. The van der Waals surface area contributed by atoms with Gasteiger partial charge in [-0.05, 0) is 50.3 Å². The van der Waals surface area contributed by atoms with Crippen LogP contribution in [0.2, 0.25) is 0 Å². The van der Waals surface area contributed by atoms with Gasteiger partial charge in [-0.3, -0.25) is 4.90 Å². The number of nitrogens with zero attached hydrogens (tertiary/aromatic N) is 3. The van der Waals surface area contributed by atoms with Crippen LogP contribution in [0.3, 0.4) is 0 Å². The van der Waals surface area contributed by atoms with Gasteiger partial charge in [0, 0.05) is 30.4 Å². The number of thiophene rings is 1. The Morgan fingerprint density at radius 2 is 2.14 bits per heavy atom. The number of morpholine rings is 1. The van der Waals surface area contributed by atoms with Crippen LogP contribution in [-0.2, 0) is 30.5 Å². The molecule has 7 heteroatoms. The maximum Gasteiger partial charge on any atom is 0.146 e. The molecule has 0 amide bonds. The average Bonchev–Trinajstić information content (AvgIpc) is 3.44. The van der Waals surface area contributed by atoms with Crippen LogP contribution in [0, 0.1) is 0 Å². The molecule has 0 bridgehead atoms. The molecule has 0 saturated carbocycles. The van der Waals surface area contributed by atoms with Gasteiger partial charge < -0.3 is 14.5 Å². The van der Waals surface area contributed by atoms with E-state index in [0.717, 1.165) is 74.3 Å². The normalized spacial score (nSPS) is 18.2. The number of nitrogens with one attached hydrogen (secondary N) is 1. The second-order valence-corrected chi connectivity index (χ2v) is 9.16. The number of rotatable bonds is 7. The first-order valence-corrected chi connectivity index (χ1v) is 11.5. The van der Waals surface area contributed by atoms with Crippen LogP contribution < -0.4 is 5.32 Å². The first kappa shape index (κ1) is 19.0. The van der Waals surface area contributed by atoms with Crippen molar-refractivity contribution < 1.29 is 9.15 Å². The highest BCUT2D eigenvalue weighted by atomic mass is 32.1. The van der Waals surface area contributed by atoms with Crippen LogP contribution in [0.4, 0.5) is 5.82 Å². The van der Waals surface area contributed by atoms with Gasteiger partial charge in [0.2, 0.25) is 0 Å². The van der Waals surface area contributed by atoms with Crippen LogP contribution >= 0.6 is 11.3 Å². The maximum atomic E-state index is 5.49. The van der Waals surface area contributed by atoms with Crippen molar-refractivity contribution in [1.82, 2.24) is 14.9 Å². The van der Waals surface area contributed by atoms with Crippen molar-refractivity contribution >= 4 is 27.4 Å². The number of anilines is 1. The highest BCUT2D eigenvalue weighted by Gasteiger charge is 2.24. The van der Waals surface area contributed by atoms with E-state index in [0.29, 0.717) is 6.04 Å². The van der Waals surface area contributed by atoms with E-state index in [1.807, 2.05) is 23.5 Å². The van der Waals surface area contributed by atoms with Crippen molar-refractivity contribution in [3.8, 4) is 0 Å². The van der Waals surface area contributed by atoms with Crippen LogP contribution in [0.15, 0.2) is 22.8 Å². The number of hydrogen-bond donors (Lipinski definition) is 1. The Bertz CT molecular complexity index is 963. The van der Waals surface area contributed by atoms with Crippen LogP contribution in [0.1, 0.15) is 41.8 Å². The monoisotopic (exact) mass is 412 g/mol. The molecule has 3 aromatic heterocycles. The predicted octanol–water partition coefficient (Wildman–Crippen LogP) is 4.04. The molecule has 1 atom stereocenters. The fourth-order valence-corrected chi connectivity index (χ4v) is 5.57. The van der Waals surface area contributed by atoms with Crippen molar-refractivity contribution in [1.29, 1.82) is 0 Å². The SMILES string of the molecule is C[C@@H](CCc1ccco1)Nc1nc(CN2CCOCC2)nc2sc3c(c12)CCC3. The Labute approximate surface area is 175 Å². The van der Waals surface area contributed by atoms with E-state index in [2.05, 4.69) is 17.1 Å². The number of furan rings is 1. The summed E-state index contributed by atoms with van der Waals surface area (Å²) >= 11 is 1.87. The van der Waals surface area contributed by atoms with Gasteiger partial charge in [0.15, 0.2) is 0 Å². The van der Waals surface area contributed by atoms with Gasteiger partial charge in [0.05, 0.1) is 31.4 Å². The molecule has 1 aliphatic heterocycles. The fourth-order valence-electron chi connectivity index (χ4n) is 4.29. The van der Waals surface area contributed by atoms with E-state index in [1.54, 1.807) is 6.26 Å². The Hall–Kier alpha value is -1.96. The minimum absolute atomic E-state index is 0.311. The summed E-state index contributed by atoms with van der Waals surface area (Å²) in [6, 6.07) is 4.31. The number of ether oxygens (including phenoxy) is 1. The second kappa shape index (κ2) is 8.42. The quantitative estimate of drug-likeness (QED) is 0.632. The molecule has 1 aliphatic carbocycles. The molecule has 0 radical (unpaired) electrons. The highest BCUT2D eigenvalue weighted by molar-refractivity contribution is 7.19. The molecule has 1 saturated heterocycles. The van der Waals surface area contributed by atoms with Gasteiger partial charge >= 0.3 is 0 Å². The van der Waals surface area contributed by atoms with Gasteiger partial charge in [-0.1, -0.05) is 0 Å². The highest BCUT2D eigenvalue weighted by Crippen LogP contribution is 2.39. The van der Waals surface area contributed by atoms with E-state index in [4.69, 9.17) is 19.1 Å². The minimum atomic E-state index is 0.311. The standard InChI is InChI=1S/C22H28N4O2S/c1-15(7-8-16-4-3-11-28-16)23-21-20-17-5-2-6-18(17)29-22(20)25-19(24-21)14-26-9-12-27-13-10-26/h3-4,11,15H,2,5-10,12-14H2,1H3,(H,23,24,25)/t15-/m0/s1. The van der Waals surface area contributed by atoms with Crippen molar-refractivity contribution in [3.05, 3.63) is 40.4 Å². The summed E-state index contributed by atoms with van der Waals surface area (Å²) in [5, 5.41) is 4.97. The molecule has 3 aromatic rings. The van der Waals surface area contributed by atoms with Crippen LogP contribution in [-0.4, -0.2) is 47.2 Å². The summed E-state index contributed by atoms with van der Waals surface area (Å²) in [5.41, 5.74) is 1.48. The van der Waals surface area contributed by atoms with Gasteiger partial charge in [-0.2, -0.15) is 0 Å². The van der Waals surface area contributed by atoms with Gasteiger partial charge in [0.1, 0.15) is 22.2 Å². The lowest BCUT2D eigenvalue weighted by Gasteiger charge is -2.26. The number of hydrogen-bond acceptors (Lipinski definition) is 7. The molecule has 4 heterocycles. The molecule has 0 spiro atoms. The van der Waals surface area contributed by atoms with E-state index in [1.165, 1.54) is 28.7 Å². The van der Waals surface area contributed by atoms with Crippen molar-refractivity contribution in [2.75, 3.05) is 31.6 Å². The average molecular weight is 413 g/mol. The molecule has 154 valence electrons. The molecule has 0 unspecified atom stereocenters. The van der Waals surface area contributed by atoms with Crippen molar-refractivity contribution in [3.63, 3.8) is 0 Å². The Morgan fingerprint density at radius 1 is 1.24 bits per heavy atom. The van der Waals surface area contributed by atoms with Gasteiger partial charge in [0.25, 0.3) is 0 Å².